The first-order valence-electron chi connectivity index (χ1n) is 4.80. The molecule has 0 saturated carbocycles. The largest absolute Gasteiger partial charge is 0.351 e. The van der Waals surface area contributed by atoms with Crippen molar-refractivity contribution in [1.29, 1.82) is 0 Å². The van der Waals surface area contributed by atoms with E-state index in [-0.39, 0.29) is 0 Å². The predicted octanol–water partition coefficient (Wildman–Crippen LogP) is 1.65. The Morgan fingerprint density at radius 2 is 1.80 bits per heavy atom. The van der Waals surface area contributed by atoms with Gasteiger partial charge in [-0.15, -0.1) is 0 Å². The Morgan fingerprint density at radius 3 is 2.07 bits per heavy atom. The summed E-state index contributed by atoms with van der Waals surface area (Å²) < 4.78 is 0. The van der Waals surface area contributed by atoms with Crippen LogP contribution in [0.3, 0.4) is 0 Å². The minimum absolute atomic E-state index is 0.654. The Labute approximate surface area is 90.6 Å². The van der Waals surface area contributed by atoms with Crippen molar-refractivity contribution in [3.63, 3.8) is 0 Å². The van der Waals surface area contributed by atoms with Crippen LogP contribution >= 0.6 is 0 Å². The topological polar surface area (TPSA) is 81.1 Å². The first-order chi connectivity index (χ1) is 6.99. The van der Waals surface area contributed by atoms with Crippen LogP contribution in [0.1, 0.15) is 30.9 Å². The van der Waals surface area contributed by atoms with Crippen molar-refractivity contribution in [3.8, 4) is 0 Å². The molecule has 84 valence electrons. The number of urea groups is 1. The third-order valence-electron chi connectivity index (χ3n) is 1.95. The standard InChI is InChI=1S/C10H14.CH5N3O/c1-8(2)10-7-5-4-6-9(10)3;2-1(5)4-3/h4-8H,1-3H3;3H2,(H3,2,4,5). The number of hydrogen-bond donors (Lipinski definition) is 3. The van der Waals surface area contributed by atoms with Crippen molar-refractivity contribution in [3.05, 3.63) is 35.4 Å². The fraction of sp³-hybridized carbons (Fsp3) is 0.364. The summed E-state index contributed by atoms with van der Waals surface area (Å²) in [5.74, 6) is 5.10. The zero-order valence-electron chi connectivity index (χ0n) is 9.45. The molecule has 0 radical (unpaired) electrons. The smallest absolute Gasteiger partial charge is 0.326 e. The molecule has 0 aliphatic carbocycles. The number of benzene rings is 1. The minimum Gasteiger partial charge on any atom is -0.351 e. The van der Waals surface area contributed by atoms with E-state index in [9.17, 15) is 4.79 Å². The van der Waals surface area contributed by atoms with Crippen LogP contribution in [0.5, 0.6) is 0 Å². The van der Waals surface area contributed by atoms with Crippen LogP contribution in [0.2, 0.25) is 0 Å². The molecule has 0 fully saturated rings. The van der Waals surface area contributed by atoms with Crippen molar-refractivity contribution < 1.29 is 4.79 Å². The van der Waals surface area contributed by atoms with Crippen molar-refractivity contribution in [1.82, 2.24) is 5.43 Å². The van der Waals surface area contributed by atoms with Gasteiger partial charge in [0.25, 0.3) is 0 Å². The molecule has 4 heteroatoms. The number of primary amides is 1. The highest BCUT2D eigenvalue weighted by atomic mass is 16.2. The number of hydrazine groups is 1. The molecule has 0 unspecified atom stereocenters. The van der Waals surface area contributed by atoms with E-state index in [4.69, 9.17) is 0 Å². The maximum Gasteiger partial charge on any atom is 0.326 e. The second-order valence-electron chi connectivity index (χ2n) is 3.52. The lowest BCUT2D eigenvalue weighted by molar-refractivity contribution is 0.249. The molecule has 0 aromatic heterocycles. The van der Waals surface area contributed by atoms with Crippen LogP contribution in [-0.4, -0.2) is 6.03 Å². The predicted molar refractivity (Wildman–Crippen MR) is 62.2 cm³/mol. The summed E-state index contributed by atoms with van der Waals surface area (Å²) in [5, 5.41) is 0. The van der Waals surface area contributed by atoms with Crippen molar-refractivity contribution in [2.24, 2.45) is 11.6 Å². The van der Waals surface area contributed by atoms with Gasteiger partial charge in [0.2, 0.25) is 0 Å². The molecule has 0 spiro atoms. The highest BCUT2D eigenvalue weighted by molar-refractivity contribution is 5.70. The molecular formula is C11H19N3O. The van der Waals surface area contributed by atoms with E-state index in [1.54, 1.807) is 5.43 Å². The van der Waals surface area contributed by atoms with Gasteiger partial charge in [0, 0.05) is 0 Å². The zero-order chi connectivity index (χ0) is 11.8. The Hall–Kier alpha value is -1.55. The van der Waals surface area contributed by atoms with E-state index in [2.05, 4.69) is 56.6 Å². The van der Waals surface area contributed by atoms with Crippen LogP contribution in [0, 0.1) is 6.92 Å². The van der Waals surface area contributed by atoms with E-state index < -0.39 is 6.03 Å². The average Bonchev–Trinajstić information content (AvgIpc) is 2.19. The second-order valence-corrected chi connectivity index (χ2v) is 3.52. The minimum atomic E-state index is -0.718. The molecule has 1 rings (SSSR count). The molecular weight excluding hydrogens is 190 g/mol. The molecule has 15 heavy (non-hydrogen) atoms. The summed E-state index contributed by atoms with van der Waals surface area (Å²) in [6.07, 6.45) is 0. The summed E-state index contributed by atoms with van der Waals surface area (Å²) in [4.78, 5) is 9.35. The number of hydrogen-bond acceptors (Lipinski definition) is 2. The zero-order valence-corrected chi connectivity index (χ0v) is 9.45. The lowest BCUT2D eigenvalue weighted by Gasteiger charge is -2.07. The molecule has 0 heterocycles. The van der Waals surface area contributed by atoms with E-state index in [1.165, 1.54) is 11.1 Å². The van der Waals surface area contributed by atoms with E-state index in [0.717, 1.165) is 0 Å². The van der Waals surface area contributed by atoms with Crippen LogP contribution in [0.4, 0.5) is 4.79 Å². The maximum absolute atomic E-state index is 9.35. The summed E-state index contributed by atoms with van der Waals surface area (Å²) in [6.45, 7) is 6.61. The molecule has 0 aliphatic heterocycles. The van der Waals surface area contributed by atoms with Gasteiger partial charge in [-0.05, 0) is 24.0 Å². The van der Waals surface area contributed by atoms with Crippen molar-refractivity contribution in [2.45, 2.75) is 26.7 Å². The molecule has 1 aromatic carbocycles. The quantitative estimate of drug-likeness (QED) is 0.373. The molecule has 4 nitrogen and oxygen atoms in total. The van der Waals surface area contributed by atoms with Gasteiger partial charge >= 0.3 is 6.03 Å². The highest BCUT2D eigenvalue weighted by Gasteiger charge is 1.99. The third-order valence-corrected chi connectivity index (χ3v) is 1.95. The Balaban J connectivity index is 0.000000336. The number of aryl methyl sites for hydroxylation is 1. The van der Waals surface area contributed by atoms with Gasteiger partial charge in [-0.1, -0.05) is 38.1 Å². The van der Waals surface area contributed by atoms with Crippen molar-refractivity contribution >= 4 is 6.03 Å². The van der Waals surface area contributed by atoms with Crippen molar-refractivity contribution in [2.75, 3.05) is 0 Å². The van der Waals surface area contributed by atoms with Crippen LogP contribution < -0.4 is 17.0 Å². The first-order valence-corrected chi connectivity index (χ1v) is 4.80. The third kappa shape index (κ3) is 5.70. The molecule has 0 atom stereocenters. The maximum atomic E-state index is 9.35. The van der Waals surface area contributed by atoms with Gasteiger partial charge in [0.05, 0.1) is 0 Å². The van der Waals surface area contributed by atoms with Crippen LogP contribution in [-0.2, 0) is 0 Å². The molecule has 0 aliphatic rings. The van der Waals surface area contributed by atoms with Gasteiger partial charge < -0.3 is 5.73 Å². The normalized spacial score (nSPS) is 9.13. The van der Waals surface area contributed by atoms with Gasteiger partial charge in [-0.25, -0.2) is 10.6 Å². The first kappa shape index (κ1) is 13.4. The Bertz CT molecular complexity index is 310. The summed E-state index contributed by atoms with van der Waals surface area (Å²) in [6, 6.07) is 7.82. The number of carbonyl (C=O) groups is 1. The fourth-order valence-electron chi connectivity index (χ4n) is 1.23. The number of nitrogens with one attached hydrogen (secondary N) is 1. The lowest BCUT2D eigenvalue weighted by Crippen LogP contribution is -2.34. The highest BCUT2D eigenvalue weighted by Crippen LogP contribution is 2.17. The monoisotopic (exact) mass is 209 g/mol. The Morgan fingerprint density at radius 1 is 1.33 bits per heavy atom. The average molecular weight is 209 g/mol. The number of amides is 2. The van der Waals surface area contributed by atoms with E-state index >= 15 is 0 Å². The fourth-order valence-corrected chi connectivity index (χ4v) is 1.23. The summed E-state index contributed by atoms with van der Waals surface area (Å²) >= 11 is 0. The molecule has 0 saturated heterocycles. The summed E-state index contributed by atoms with van der Waals surface area (Å²) in [5.41, 5.74) is 8.94. The molecule has 1 aromatic rings. The van der Waals surface area contributed by atoms with Crippen LogP contribution in [0.15, 0.2) is 24.3 Å². The van der Waals surface area contributed by atoms with Crippen LogP contribution in [0.25, 0.3) is 0 Å². The van der Waals surface area contributed by atoms with E-state index in [0.29, 0.717) is 5.92 Å². The van der Waals surface area contributed by atoms with Gasteiger partial charge in [0.1, 0.15) is 0 Å². The summed E-state index contributed by atoms with van der Waals surface area (Å²) in [7, 11) is 0. The number of carbonyl (C=O) groups excluding carboxylic acids is 1. The SMILES string of the molecule is Cc1ccccc1C(C)C.NNC(N)=O. The van der Waals surface area contributed by atoms with Gasteiger partial charge in [0.15, 0.2) is 0 Å². The second kappa shape index (κ2) is 6.84. The molecule has 0 bridgehead atoms. The number of rotatable bonds is 1. The lowest BCUT2D eigenvalue weighted by atomic mass is 9.99. The van der Waals surface area contributed by atoms with Gasteiger partial charge in [-0.2, -0.15) is 0 Å². The Kier molecular flexibility index (Phi) is 6.13. The molecule has 2 amide bonds. The van der Waals surface area contributed by atoms with Gasteiger partial charge in [-0.3, -0.25) is 5.43 Å². The van der Waals surface area contributed by atoms with E-state index in [1.807, 2.05) is 0 Å². The number of nitrogens with two attached hydrogens (primary N) is 2. The molecule has 5 N–H and O–H groups in total.